The third-order valence-corrected chi connectivity index (χ3v) is 3.52. The number of nitrogens with two attached hydrogens (primary N) is 1. The topological polar surface area (TPSA) is 71.8 Å². The van der Waals surface area contributed by atoms with Crippen molar-refractivity contribution in [3.63, 3.8) is 0 Å². The number of rotatable bonds is 3. The van der Waals surface area contributed by atoms with Crippen LogP contribution in [0.25, 0.3) is 0 Å². The van der Waals surface area contributed by atoms with Gasteiger partial charge in [-0.1, -0.05) is 32.6 Å². The molecule has 0 aliphatic heterocycles. The zero-order chi connectivity index (χ0) is 12.3. The van der Waals surface area contributed by atoms with Crippen LogP contribution in [-0.4, -0.2) is 9.97 Å². The van der Waals surface area contributed by atoms with Crippen LogP contribution in [0.4, 0.5) is 0 Å². The maximum atomic E-state index is 11.6. The number of aromatic amines is 1. The van der Waals surface area contributed by atoms with Crippen molar-refractivity contribution in [2.45, 2.75) is 57.4 Å². The van der Waals surface area contributed by atoms with Crippen molar-refractivity contribution in [3.05, 3.63) is 27.9 Å². The predicted molar refractivity (Wildman–Crippen MR) is 67.8 cm³/mol. The summed E-state index contributed by atoms with van der Waals surface area (Å²) < 4.78 is 0. The Bertz CT molecular complexity index is 433. The van der Waals surface area contributed by atoms with E-state index in [0.717, 1.165) is 44.2 Å². The highest BCUT2D eigenvalue weighted by atomic mass is 16.1. The van der Waals surface area contributed by atoms with Crippen LogP contribution in [0.15, 0.2) is 10.9 Å². The van der Waals surface area contributed by atoms with Crippen molar-refractivity contribution in [2.24, 2.45) is 5.73 Å². The Morgan fingerprint density at radius 2 is 2.12 bits per heavy atom. The Labute approximate surface area is 102 Å². The van der Waals surface area contributed by atoms with Gasteiger partial charge in [0.05, 0.1) is 5.54 Å². The Kier molecular flexibility index (Phi) is 3.62. The van der Waals surface area contributed by atoms with E-state index in [1.54, 1.807) is 6.07 Å². The van der Waals surface area contributed by atoms with Crippen molar-refractivity contribution in [1.29, 1.82) is 0 Å². The lowest BCUT2D eigenvalue weighted by atomic mass is 9.82. The van der Waals surface area contributed by atoms with Crippen LogP contribution in [0.1, 0.15) is 57.0 Å². The van der Waals surface area contributed by atoms with Gasteiger partial charge in [-0.2, -0.15) is 0 Å². The van der Waals surface area contributed by atoms with Crippen molar-refractivity contribution in [3.8, 4) is 0 Å². The standard InChI is InChI=1S/C13H21N3O/c1-2-6-10-9-11(17)16-12(15-10)13(14)7-4-3-5-8-13/h9H,2-8,14H2,1H3,(H,15,16,17). The monoisotopic (exact) mass is 235 g/mol. The Morgan fingerprint density at radius 3 is 2.76 bits per heavy atom. The average Bonchev–Trinajstić information content (AvgIpc) is 2.30. The molecule has 0 bridgehead atoms. The van der Waals surface area contributed by atoms with Crippen LogP contribution in [0.5, 0.6) is 0 Å². The quantitative estimate of drug-likeness (QED) is 0.839. The second kappa shape index (κ2) is 5.00. The lowest BCUT2D eigenvalue weighted by Gasteiger charge is -2.32. The molecule has 0 amide bonds. The summed E-state index contributed by atoms with van der Waals surface area (Å²) in [6, 6.07) is 1.58. The smallest absolute Gasteiger partial charge is 0.251 e. The van der Waals surface area contributed by atoms with Gasteiger partial charge in [0.2, 0.25) is 0 Å². The maximum absolute atomic E-state index is 11.6. The minimum absolute atomic E-state index is 0.0751. The first-order valence-corrected chi connectivity index (χ1v) is 6.54. The third-order valence-electron chi connectivity index (χ3n) is 3.52. The van der Waals surface area contributed by atoms with Gasteiger partial charge in [-0.15, -0.1) is 0 Å². The third kappa shape index (κ3) is 2.75. The normalized spacial score (nSPS) is 19.2. The highest BCUT2D eigenvalue weighted by molar-refractivity contribution is 5.11. The largest absolute Gasteiger partial charge is 0.319 e. The highest BCUT2D eigenvalue weighted by Crippen LogP contribution is 2.32. The number of nitrogens with one attached hydrogen (secondary N) is 1. The minimum Gasteiger partial charge on any atom is -0.319 e. The first-order valence-electron chi connectivity index (χ1n) is 6.54. The SMILES string of the molecule is CCCc1cc(=O)[nH]c(C2(N)CCCCC2)n1. The molecule has 0 radical (unpaired) electrons. The molecule has 1 aromatic heterocycles. The predicted octanol–water partition coefficient (Wildman–Crippen LogP) is 1.84. The Hall–Kier alpha value is -1.16. The summed E-state index contributed by atoms with van der Waals surface area (Å²) in [4.78, 5) is 19.0. The molecule has 0 unspecified atom stereocenters. The van der Waals surface area contributed by atoms with E-state index < -0.39 is 5.54 Å². The van der Waals surface area contributed by atoms with Crippen LogP contribution in [0.3, 0.4) is 0 Å². The molecule has 2 rings (SSSR count). The molecule has 4 nitrogen and oxygen atoms in total. The number of aryl methyl sites for hydroxylation is 1. The lowest BCUT2D eigenvalue weighted by molar-refractivity contribution is 0.285. The molecule has 4 heteroatoms. The summed E-state index contributed by atoms with van der Waals surface area (Å²) >= 11 is 0. The van der Waals surface area contributed by atoms with Crippen molar-refractivity contribution in [2.75, 3.05) is 0 Å². The highest BCUT2D eigenvalue weighted by Gasteiger charge is 2.32. The molecule has 0 atom stereocenters. The first kappa shape index (κ1) is 12.3. The van der Waals surface area contributed by atoms with E-state index in [9.17, 15) is 4.79 Å². The molecule has 3 N–H and O–H groups in total. The second-order valence-electron chi connectivity index (χ2n) is 5.05. The van der Waals surface area contributed by atoms with Gasteiger partial charge in [-0.25, -0.2) is 4.98 Å². The van der Waals surface area contributed by atoms with E-state index in [4.69, 9.17) is 5.73 Å². The molecule has 1 saturated carbocycles. The van der Waals surface area contributed by atoms with E-state index in [2.05, 4.69) is 16.9 Å². The molecular weight excluding hydrogens is 214 g/mol. The minimum atomic E-state index is -0.416. The van der Waals surface area contributed by atoms with Gasteiger partial charge in [0.1, 0.15) is 5.82 Å². The molecule has 94 valence electrons. The van der Waals surface area contributed by atoms with Crippen molar-refractivity contribution >= 4 is 0 Å². The second-order valence-corrected chi connectivity index (χ2v) is 5.05. The molecule has 17 heavy (non-hydrogen) atoms. The fourth-order valence-electron chi connectivity index (χ4n) is 2.55. The van der Waals surface area contributed by atoms with Crippen LogP contribution < -0.4 is 11.3 Å². The molecule has 1 aliphatic rings. The molecule has 0 aromatic carbocycles. The van der Waals surface area contributed by atoms with Crippen molar-refractivity contribution in [1.82, 2.24) is 9.97 Å². The van der Waals surface area contributed by atoms with Gasteiger partial charge in [-0.05, 0) is 19.3 Å². The number of hydrogen-bond donors (Lipinski definition) is 2. The van der Waals surface area contributed by atoms with E-state index in [-0.39, 0.29) is 5.56 Å². The molecule has 0 saturated heterocycles. The van der Waals surface area contributed by atoms with Gasteiger partial charge in [0, 0.05) is 11.8 Å². The fraction of sp³-hybridized carbons (Fsp3) is 0.692. The van der Waals surface area contributed by atoms with E-state index in [0.29, 0.717) is 5.82 Å². The summed E-state index contributed by atoms with van der Waals surface area (Å²) in [5.74, 6) is 0.688. The first-order chi connectivity index (χ1) is 8.14. The average molecular weight is 235 g/mol. The molecule has 1 heterocycles. The number of nitrogens with zero attached hydrogens (tertiary/aromatic N) is 1. The molecule has 1 aliphatic carbocycles. The van der Waals surface area contributed by atoms with Crippen LogP contribution in [-0.2, 0) is 12.0 Å². The summed E-state index contributed by atoms with van der Waals surface area (Å²) in [7, 11) is 0. The zero-order valence-corrected chi connectivity index (χ0v) is 10.5. The van der Waals surface area contributed by atoms with Crippen molar-refractivity contribution < 1.29 is 0 Å². The van der Waals surface area contributed by atoms with Gasteiger partial charge in [0.25, 0.3) is 5.56 Å². The number of H-pyrrole nitrogens is 1. The molecule has 0 spiro atoms. The van der Waals surface area contributed by atoms with Gasteiger partial charge >= 0.3 is 0 Å². The summed E-state index contributed by atoms with van der Waals surface area (Å²) in [6.45, 7) is 2.08. The zero-order valence-electron chi connectivity index (χ0n) is 10.5. The Balaban J connectivity index is 2.33. The molecule has 1 fully saturated rings. The van der Waals surface area contributed by atoms with E-state index >= 15 is 0 Å². The summed E-state index contributed by atoms with van der Waals surface area (Å²) in [5.41, 5.74) is 6.75. The van der Waals surface area contributed by atoms with Crippen LogP contribution in [0.2, 0.25) is 0 Å². The van der Waals surface area contributed by atoms with E-state index in [1.807, 2.05) is 0 Å². The number of aromatic nitrogens is 2. The van der Waals surface area contributed by atoms with Crippen LogP contribution >= 0.6 is 0 Å². The maximum Gasteiger partial charge on any atom is 0.251 e. The summed E-state index contributed by atoms with van der Waals surface area (Å²) in [5, 5.41) is 0. The molecular formula is C13H21N3O. The van der Waals surface area contributed by atoms with Gasteiger partial charge < -0.3 is 10.7 Å². The molecule has 1 aromatic rings. The summed E-state index contributed by atoms with van der Waals surface area (Å²) in [6.07, 6.45) is 7.16. The fourth-order valence-corrected chi connectivity index (χ4v) is 2.55. The van der Waals surface area contributed by atoms with Gasteiger partial charge in [0.15, 0.2) is 0 Å². The van der Waals surface area contributed by atoms with E-state index in [1.165, 1.54) is 6.42 Å². The lowest BCUT2D eigenvalue weighted by Crippen LogP contribution is -2.41. The van der Waals surface area contributed by atoms with Crippen LogP contribution in [0, 0.1) is 0 Å². The number of hydrogen-bond acceptors (Lipinski definition) is 3. The Morgan fingerprint density at radius 1 is 1.41 bits per heavy atom. The van der Waals surface area contributed by atoms with Gasteiger partial charge in [-0.3, -0.25) is 4.79 Å².